The fraction of sp³-hybridized carbons (Fsp3) is 0.375. The molecule has 28 heavy (non-hydrogen) atoms. The fourth-order valence-corrected chi connectivity index (χ4v) is 4.67. The van der Waals surface area contributed by atoms with Crippen molar-refractivity contribution in [3.8, 4) is 5.75 Å². The summed E-state index contributed by atoms with van der Waals surface area (Å²) in [4.78, 5) is 9.68. The highest BCUT2D eigenvalue weighted by Crippen LogP contribution is 2.35. The standard InChI is InChI=1S/C24H27N3O/c1-18-14-20-16-27(17-28-24(20)23-22(18)8-5-11-25-23)21-9-12-26(13-10-21)15-19-6-3-2-4-7-19/h2-8,11,14,21H,9-10,12-13,15-17H2,1H3. The Hall–Kier alpha value is -2.43. The van der Waals surface area contributed by atoms with Crippen LogP contribution in [0, 0.1) is 6.92 Å². The van der Waals surface area contributed by atoms with E-state index in [2.05, 4.69) is 64.2 Å². The second-order valence-corrected chi connectivity index (χ2v) is 8.09. The van der Waals surface area contributed by atoms with Gasteiger partial charge in [-0.05, 0) is 50.0 Å². The summed E-state index contributed by atoms with van der Waals surface area (Å²) in [6.07, 6.45) is 4.27. The van der Waals surface area contributed by atoms with Gasteiger partial charge in [-0.2, -0.15) is 0 Å². The lowest BCUT2D eigenvalue weighted by Crippen LogP contribution is -2.47. The Morgan fingerprint density at radius 1 is 1.07 bits per heavy atom. The minimum Gasteiger partial charge on any atom is -0.475 e. The Bertz CT molecular complexity index is 964. The van der Waals surface area contributed by atoms with Crippen molar-refractivity contribution >= 4 is 10.9 Å². The van der Waals surface area contributed by atoms with Gasteiger partial charge in [0.2, 0.25) is 0 Å². The molecule has 1 saturated heterocycles. The highest BCUT2D eigenvalue weighted by Gasteiger charge is 2.29. The number of ether oxygens (including phenoxy) is 1. The topological polar surface area (TPSA) is 28.6 Å². The molecular formula is C24H27N3O. The Labute approximate surface area is 166 Å². The molecule has 0 spiro atoms. The SMILES string of the molecule is Cc1cc2c(c3ncccc13)OCN(C1CCN(Cc3ccccc3)CC1)C2. The molecule has 2 aliphatic rings. The van der Waals surface area contributed by atoms with Gasteiger partial charge in [0.25, 0.3) is 0 Å². The minimum atomic E-state index is 0.597. The number of hydrogen-bond donors (Lipinski definition) is 0. The van der Waals surface area contributed by atoms with Crippen molar-refractivity contribution in [2.45, 2.75) is 38.9 Å². The van der Waals surface area contributed by atoms with E-state index < -0.39 is 0 Å². The summed E-state index contributed by atoms with van der Waals surface area (Å²) >= 11 is 0. The van der Waals surface area contributed by atoms with E-state index in [4.69, 9.17) is 4.74 Å². The van der Waals surface area contributed by atoms with Crippen LogP contribution in [0.1, 0.15) is 29.5 Å². The molecule has 0 N–H and O–H groups in total. The van der Waals surface area contributed by atoms with E-state index in [1.165, 1.54) is 34.9 Å². The van der Waals surface area contributed by atoms with Crippen LogP contribution in [0.4, 0.5) is 0 Å². The van der Waals surface area contributed by atoms with Crippen molar-refractivity contribution in [2.24, 2.45) is 0 Å². The zero-order valence-electron chi connectivity index (χ0n) is 16.5. The monoisotopic (exact) mass is 373 g/mol. The third kappa shape index (κ3) is 3.38. The Morgan fingerprint density at radius 2 is 1.89 bits per heavy atom. The molecule has 0 amide bonds. The van der Waals surface area contributed by atoms with Crippen LogP contribution in [0.5, 0.6) is 5.75 Å². The smallest absolute Gasteiger partial charge is 0.152 e. The number of nitrogens with zero attached hydrogens (tertiary/aromatic N) is 3. The Balaban J connectivity index is 1.26. The lowest BCUT2D eigenvalue weighted by Gasteiger charge is -2.40. The zero-order chi connectivity index (χ0) is 18.9. The Morgan fingerprint density at radius 3 is 2.71 bits per heavy atom. The van der Waals surface area contributed by atoms with Gasteiger partial charge in [0.1, 0.15) is 12.2 Å². The average Bonchev–Trinajstić information content (AvgIpc) is 2.75. The predicted molar refractivity (Wildman–Crippen MR) is 112 cm³/mol. The van der Waals surface area contributed by atoms with Crippen molar-refractivity contribution in [3.05, 3.63) is 71.4 Å². The minimum absolute atomic E-state index is 0.597. The molecule has 3 aromatic rings. The van der Waals surface area contributed by atoms with Gasteiger partial charge in [-0.25, -0.2) is 0 Å². The van der Waals surface area contributed by atoms with Crippen LogP contribution in [0.3, 0.4) is 0 Å². The second-order valence-electron chi connectivity index (χ2n) is 8.09. The number of aromatic nitrogens is 1. The average molecular weight is 374 g/mol. The number of pyridine rings is 1. The summed E-state index contributed by atoms with van der Waals surface area (Å²) in [5.41, 5.74) is 4.98. The molecule has 5 rings (SSSR count). The number of likely N-dealkylation sites (tertiary alicyclic amines) is 1. The van der Waals surface area contributed by atoms with E-state index in [0.29, 0.717) is 12.8 Å². The summed E-state index contributed by atoms with van der Waals surface area (Å²) in [5.74, 6) is 0.985. The van der Waals surface area contributed by atoms with Crippen LogP contribution >= 0.6 is 0 Å². The second kappa shape index (κ2) is 7.53. The summed E-state index contributed by atoms with van der Waals surface area (Å²) in [7, 11) is 0. The Kier molecular flexibility index (Phi) is 4.75. The lowest BCUT2D eigenvalue weighted by atomic mass is 9.99. The molecule has 0 aliphatic carbocycles. The first-order chi connectivity index (χ1) is 13.8. The van der Waals surface area contributed by atoms with Gasteiger partial charge in [0.15, 0.2) is 5.75 Å². The molecule has 2 aliphatic heterocycles. The number of piperidine rings is 1. The van der Waals surface area contributed by atoms with Crippen LogP contribution < -0.4 is 4.74 Å². The van der Waals surface area contributed by atoms with Gasteiger partial charge in [0, 0.05) is 36.3 Å². The van der Waals surface area contributed by atoms with Crippen molar-refractivity contribution in [1.82, 2.24) is 14.8 Å². The molecule has 144 valence electrons. The van der Waals surface area contributed by atoms with E-state index in [1.54, 1.807) is 0 Å². The lowest BCUT2D eigenvalue weighted by molar-refractivity contribution is 0.0250. The van der Waals surface area contributed by atoms with Gasteiger partial charge in [-0.3, -0.25) is 14.8 Å². The van der Waals surface area contributed by atoms with Gasteiger partial charge in [-0.15, -0.1) is 0 Å². The van der Waals surface area contributed by atoms with Crippen LogP contribution in [0.15, 0.2) is 54.7 Å². The van der Waals surface area contributed by atoms with Gasteiger partial charge in [0.05, 0.1) is 0 Å². The molecule has 0 unspecified atom stereocenters. The maximum Gasteiger partial charge on any atom is 0.152 e. The molecular weight excluding hydrogens is 346 g/mol. The van der Waals surface area contributed by atoms with Gasteiger partial charge < -0.3 is 4.74 Å². The number of aryl methyl sites for hydroxylation is 1. The van der Waals surface area contributed by atoms with E-state index >= 15 is 0 Å². The molecule has 2 aromatic carbocycles. The van der Waals surface area contributed by atoms with Crippen molar-refractivity contribution < 1.29 is 4.74 Å². The first-order valence-electron chi connectivity index (χ1n) is 10.3. The molecule has 0 bridgehead atoms. The van der Waals surface area contributed by atoms with E-state index in [0.717, 1.165) is 37.4 Å². The number of benzene rings is 2. The molecule has 0 saturated carbocycles. The van der Waals surface area contributed by atoms with Crippen molar-refractivity contribution in [1.29, 1.82) is 0 Å². The molecule has 4 heteroatoms. The predicted octanol–water partition coefficient (Wildman–Crippen LogP) is 4.36. The molecule has 3 heterocycles. The molecule has 0 atom stereocenters. The summed E-state index contributed by atoms with van der Waals surface area (Å²) in [6.45, 7) is 7.18. The molecule has 1 fully saturated rings. The summed E-state index contributed by atoms with van der Waals surface area (Å²) < 4.78 is 6.23. The van der Waals surface area contributed by atoms with E-state index in [1.807, 2.05) is 12.3 Å². The number of hydrogen-bond acceptors (Lipinski definition) is 4. The third-order valence-corrected chi connectivity index (χ3v) is 6.20. The fourth-order valence-electron chi connectivity index (χ4n) is 4.67. The first-order valence-corrected chi connectivity index (χ1v) is 10.3. The van der Waals surface area contributed by atoms with Crippen molar-refractivity contribution in [3.63, 3.8) is 0 Å². The van der Waals surface area contributed by atoms with Gasteiger partial charge in [-0.1, -0.05) is 42.5 Å². The van der Waals surface area contributed by atoms with Gasteiger partial charge >= 0.3 is 0 Å². The molecule has 0 radical (unpaired) electrons. The first kappa shape index (κ1) is 17.7. The van der Waals surface area contributed by atoms with Crippen molar-refractivity contribution in [2.75, 3.05) is 19.8 Å². The normalized spacial score (nSPS) is 18.8. The van der Waals surface area contributed by atoms with Crippen LogP contribution in [-0.4, -0.2) is 40.6 Å². The molecule has 1 aromatic heterocycles. The largest absolute Gasteiger partial charge is 0.475 e. The quantitative estimate of drug-likeness (QED) is 0.682. The summed E-state index contributed by atoms with van der Waals surface area (Å²) in [6, 6.07) is 17.8. The number of rotatable bonds is 3. The molecule has 4 nitrogen and oxygen atoms in total. The van der Waals surface area contributed by atoms with Crippen LogP contribution in [-0.2, 0) is 13.1 Å². The maximum atomic E-state index is 6.23. The summed E-state index contributed by atoms with van der Waals surface area (Å²) in [5, 5.41) is 1.20. The maximum absolute atomic E-state index is 6.23. The number of fused-ring (bicyclic) bond motifs is 3. The van der Waals surface area contributed by atoms with E-state index in [-0.39, 0.29) is 0 Å². The zero-order valence-corrected chi connectivity index (χ0v) is 16.5. The van der Waals surface area contributed by atoms with Crippen LogP contribution in [0.2, 0.25) is 0 Å². The van der Waals surface area contributed by atoms with E-state index in [9.17, 15) is 0 Å². The highest BCUT2D eigenvalue weighted by molar-refractivity contribution is 5.88. The third-order valence-electron chi connectivity index (χ3n) is 6.20. The highest BCUT2D eigenvalue weighted by atomic mass is 16.5. The van der Waals surface area contributed by atoms with Crippen LogP contribution in [0.25, 0.3) is 10.9 Å².